The Labute approximate surface area is 358 Å². The van der Waals surface area contributed by atoms with Crippen LogP contribution in [-0.2, 0) is 16.2 Å². The Hall–Kier alpha value is -4.02. The highest BCUT2D eigenvalue weighted by atomic mass is 32.1. The van der Waals surface area contributed by atoms with Gasteiger partial charge in [0.15, 0.2) is 0 Å². The van der Waals surface area contributed by atoms with Crippen LogP contribution in [0, 0.1) is 30.1 Å². The Kier molecular flexibility index (Phi) is 8.21. The van der Waals surface area contributed by atoms with Gasteiger partial charge in [-0.1, -0.05) is 116 Å². The smallest absolute Gasteiger partial charge is 0.264 e. The van der Waals surface area contributed by atoms with Crippen LogP contribution >= 0.6 is 11.3 Å². The number of thiophene rings is 1. The van der Waals surface area contributed by atoms with E-state index in [2.05, 4.69) is 170 Å². The van der Waals surface area contributed by atoms with E-state index in [1.54, 1.807) is 5.56 Å². The first kappa shape index (κ1) is 37.9. The molecule has 2 nitrogen and oxygen atoms in total. The minimum Gasteiger partial charge on any atom is -0.334 e. The summed E-state index contributed by atoms with van der Waals surface area (Å²) in [5.41, 5.74) is 17.6. The number of hydrogen-bond acceptors (Lipinski definition) is 3. The third-order valence-corrected chi connectivity index (χ3v) is 17.1. The first-order chi connectivity index (χ1) is 28.0. The molecule has 0 radical (unpaired) electrons. The van der Waals surface area contributed by atoms with Crippen molar-refractivity contribution in [2.24, 2.45) is 23.2 Å². The van der Waals surface area contributed by atoms with Crippen molar-refractivity contribution in [3.05, 3.63) is 119 Å². The van der Waals surface area contributed by atoms with Gasteiger partial charge in [-0.25, -0.2) is 0 Å². The molecular weight excluding hydrogens is 731 g/mol. The number of allylic oxidation sites excluding steroid dienone is 2. The SMILES string of the molecule is Cc1ccc2sc3c(c2c1)N(C1C=CC(C(C)(C)C)=CC1)c1cc(C24CCC5CC(CC5C2)C4)cc2c1B3c1ccc(C(C)(C)C)cc1N2c1ccc(C(C)(C)C)cc1. The van der Waals surface area contributed by atoms with Crippen LogP contribution in [0.25, 0.3) is 10.1 Å². The van der Waals surface area contributed by atoms with Gasteiger partial charge in [0, 0.05) is 37.6 Å². The molecule has 3 heterocycles. The van der Waals surface area contributed by atoms with E-state index in [1.165, 1.54) is 115 Å². The van der Waals surface area contributed by atoms with E-state index >= 15 is 0 Å². The Morgan fingerprint density at radius 1 is 0.729 bits per heavy atom. The van der Waals surface area contributed by atoms with Crippen molar-refractivity contribution >= 4 is 72.3 Å². The molecule has 11 rings (SSSR count). The Morgan fingerprint density at radius 2 is 1.46 bits per heavy atom. The Morgan fingerprint density at radius 3 is 2.17 bits per heavy atom. The fraction of sp³-hybridized carbons (Fsp3) is 0.455. The van der Waals surface area contributed by atoms with E-state index in [4.69, 9.17) is 0 Å². The zero-order valence-electron chi connectivity index (χ0n) is 37.3. The summed E-state index contributed by atoms with van der Waals surface area (Å²) in [5, 5.41) is 1.42. The number of benzene rings is 4. The van der Waals surface area contributed by atoms with Crippen molar-refractivity contribution in [2.45, 2.75) is 136 Å². The average molecular weight is 795 g/mol. The molecule has 302 valence electrons. The van der Waals surface area contributed by atoms with Crippen LogP contribution in [0.1, 0.15) is 130 Å². The van der Waals surface area contributed by atoms with Gasteiger partial charge in [0.2, 0.25) is 0 Å². The summed E-state index contributed by atoms with van der Waals surface area (Å²) >= 11 is 2.05. The zero-order valence-corrected chi connectivity index (χ0v) is 38.1. The second-order valence-corrected chi connectivity index (χ2v) is 23.9. The van der Waals surface area contributed by atoms with Crippen LogP contribution in [-0.4, -0.2) is 12.8 Å². The molecule has 59 heavy (non-hydrogen) atoms. The molecule has 3 bridgehead atoms. The summed E-state index contributed by atoms with van der Waals surface area (Å²) in [4.78, 5) is 5.57. The summed E-state index contributed by atoms with van der Waals surface area (Å²) < 4.78 is 2.91. The highest BCUT2D eigenvalue weighted by Crippen LogP contribution is 2.62. The highest BCUT2D eigenvalue weighted by molar-refractivity contribution is 7.33. The van der Waals surface area contributed by atoms with Crippen LogP contribution in [0.5, 0.6) is 0 Å². The molecule has 3 saturated carbocycles. The first-order valence-electron chi connectivity index (χ1n) is 22.9. The second kappa shape index (κ2) is 12.8. The van der Waals surface area contributed by atoms with Crippen LogP contribution in [0.2, 0.25) is 0 Å². The molecule has 1 aromatic heterocycles. The standard InChI is InChI=1S/C55H63BN2S/c1-33-11-22-48-43(25-33)50-51(59-48)56-44-21-16-39(54(8,9)10)28-45(44)57(41-17-12-37(13-18-41)52(2,3)4)46-29-40(55-24-23-35-26-34(31-55)27-36(35)32-55)30-47(49(46)56)58(50)42-19-14-38(15-20-42)53(5,6)7/h11-19,21-22,25,28-30,34-36,42H,20,23-24,26-27,31-32H2,1-10H3. The topological polar surface area (TPSA) is 6.48 Å². The fourth-order valence-corrected chi connectivity index (χ4v) is 14.1. The number of rotatable bonds is 3. The van der Waals surface area contributed by atoms with Crippen molar-refractivity contribution in [2.75, 3.05) is 9.80 Å². The van der Waals surface area contributed by atoms with Gasteiger partial charge in [-0.2, -0.15) is 0 Å². The minimum atomic E-state index is 0.0272. The molecule has 6 aliphatic rings. The van der Waals surface area contributed by atoms with Gasteiger partial charge in [-0.15, -0.1) is 11.3 Å². The van der Waals surface area contributed by atoms with E-state index in [9.17, 15) is 0 Å². The van der Waals surface area contributed by atoms with Crippen molar-refractivity contribution in [1.82, 2.24) is 0 Å². The number of aryl methyl sites for hydroxylation is 1. The quantitative estimate of drug-likeness (QED) is 0.165. The van der Waals surface area contributed by atoms with Gasteiger partial charge in [0.05, 0.1) is 11.7 Å². The lowest BCUT2D eigenvalue weighted by molar-refractivity contribution is 0.139. The molecule has 4 aliphatic carbocycles. The first-order valence-corrected chi connectivity index (χ1v) is 23.7. The number of hydrogen-bond donors (Lipinski definition) is 0. The van der Waals surface area contributed by atoms with E-state index in [1.807, 2.05) is 11.3 Å². The van der Waals surface area contributed by atoms with Crippen LogP contribution < -0.4 is 25.5 Å². The van der Waals surface area contributed by atoms with Gasteiger partial charge >= 0.3 is 0 Å². The Balaban J connectivity index is 1.22. The molecule has 5 aromatic rings. The summed E-state index contributed by atoms with van der Waals surface area (Å²) in [5.74, 6) is 2.73. The van der Waals surface area contributed by atoms with E-state index < -0.39 is 0 Å². The predicted octanol–water partition coefficient (Wildman–Crippen LogP) is 13.3. The van der Waals surface area contributed by atoms with Gasteiger partial charge in [-0.3, -0.25) is 0 Å². The number of fused-ring (bicyclic) bond motifs is 8. The summed E-state index contributed by atoms with van der Waals surface area (Å²) in [6, 6.07) is 30.1. The van der Waals surface area contributed by atoms with Crippen LogP contribution in [0.3, 0.4) is 0 Å². The fourth-order valence-electron chi connectivity index (χ4n) is 12.8. The number of nitrogens with zero attached hydrogens (tertiary/aromatic N) is 2. The Bertz CT molecular complexity index is 2600. The van der Waals surface area contributed by atoms with Crippen molar-refractivity contribution < 1.29 is 0 Å². The molecule has 0 N–H and O–H groups in total. The molecule has 5 unspecified atom stereocenters. The normalized spacial score (nSPS) is 25.7. The molecule has 4 heteroatoms. The largest absolute Gasteiger partial charge is 0.334 e. The molecule has 0 amide bonds. The number of anilines is 5. The lowest BCUT2D eigenvalue weighted by Gasteiger charge is -2.49. The van der Waals surface area contributed by atoms with Gasteiger partial charge in [0.1, 0.15) is 0 Å². The molecule has 5 atom stereocenters. The zero-order chi connectivity index (χ0) is 41.0. The molecular formula is C55H63BN2S. The maximum absolute atomic E-state index is 2.86. The van der Waals surface area contributed by atoms with E-state index in [0.29, 0.717) is 0 Å². The van der Waals surface area contributed by atoms with Crippen LogP contribution in [0.4, 0.5) is 28.4 Å². The third kappa shape index (κ3) is 5.85. The second-order valence-electron chi connectivity index (χ2n) is 22.9. The summed E-state index contributed by atoms with van der Waals surface area (Å²) in [6.45, 7) is 23.6. The molecule has 2 aliphatic heterocycles. The van der Waals surface area contributed by atoms with Gasteiger partial charge < -0.3 is 9.80 Å². The van der Waals surface area contributed by atoms with Gasteiger partial charge in [-0.05, 0) is 167 Å². The van der Waals surface area contributed by atoms with E-state index in [0.717, 1.165) is 24.2 Å². The lowest BCUT2D eigenvalue weighted by atomic mass is 9.36. The maximum atomic E-state index is 2.86. The minimum absolute atomic E-state index is 0.0272. The summed E-state index contributed by atoms with van der Waals surface area (Å²) in [7, 11) is 0. The third-order valence-electron chi connectivity index (χ3n) is 15.9. The average Bonchev–Trinajstić information content (AvgIpc) is 3.65. The van der Waals surface area contributed by atoms with Crippen LogP contribution in [0.15, 0.2) is 96.6 Å². The predicted molar refractivity (Wildman–Crippen MR) is 257 cm³/mol. The molecule has 0 saturated heterocycles. The lowest BCUT2D eigenvalue weighted by Crippen LogP contribution is -2.62. The van der Waals surface area contributed by atoms with Crippen molar-refractivity contribution in [1.29, 1.82) is 0 Å². The summed E-state index contributed by atoms with van der Waals surface area (Å²) in [6.07, 6.45) is 17.0. The molecule has 3 fully saturated rings. The molecule has 0 spiro atoms. The van der Waals surface area contributed by atoms with E-state index in [-0.39, 0.29) is 34.4 Å². The highest BCUT2D eigenvalue weighted by Gasteiger charge is 2.54. The van der Waals surface area contributed by atoms with Gasteiger partial charge in [0.25, 0.3) is 6.71 Å². The molecule has 4 aromatic carbocycles. The monoisotopic (exact) mass is 794 g/mol. The maximum Gasteiger partial charge on any atom is 0.264 e. The van der Waals surface area contributed by atoms with Crippen molar-refractivity contribution in [3.63, 3.8) is 0 Å². The van der Waals surface area contributed by atoms with Crippen molar-refractivity contribution in [3.8, 4) is 0 Å².